The molecule has 11 heteroatoms. The highest BCUT2D eigenvalue weighted by Gasteiger charge is 2.25. The van der Waals surface area contributed by atoms with Crippen molar-refractivity contribution < 1.29 is 28.5 Å². The van der Waals surface area contributed by atoms with Crippen molar-refractivity contribution in [3.8, 4) is 23.0 Å². The van der Waals surface area contributed by atoms with E-state index in [2.05, 4.69) is 15.5 Å². The molecule has 166 valence electrons. The lowest BCUT2D eigenvalue weighted by atomic mass is 10.2. The molecule has 0 bridgehead atoms. The number of anilines is 1. The zero-order chi connectivity index (χ0) is 23.1. The molecule has 0 saturated carbocycles. The Morgan fingerprint density at radius 3 is 2.10 bits per heavy atom. The summed E-state index contributed by atoms with van der Waals surface area (Å²) >= 11 is 12.2. The fourth-order valence-corrected chi connectivity index (χ4v) is 3.03. The molecule has 31 heavy (non-hydrogen) atoms. The summed E-state index contributed by atoms with van der Waals surface area (Å²) in [6.07, 6.45) is 0. The molecule has 0 saturated heterocycles. The Morgan fingerprint density at radius 2 is 1.55 bits per heavy atom. The van der Waals surface area contributed by atoms with Crippen LogP contribution in [0.25, 0.3) is 0 Å². The second-order valence-electron chi connectivity index (χ2n) is 6.07. The number of hydrogen-bond donors (Lipinski definition) is 1. The largest absolute Gasteiger partial charge is 0.495 e. The van der Waals surface area contributed by atoms with Crippen molar-refractivity contribution in [3.05, 3.63) is 34.3 Å². The number of carbonyl (C=O) groups is 2. The topological polar surface area (TPSA) is 108 Å². The van der Waals surface area contributed by atoms with Gasteiger partial charge in [0.2, 0.25) is 6.04 Å². The van der Waals surface area contributed by atoms with Crippen LogP contribution in [0.1, 0.15) is 6.92 Å². The minimum absolute atomic E-state index is 0.191. The van der Waals surface area contributed by atoms with Crippen LogP contribution in [0.3, 0.4) is 0 Å². The monoisotopic (exact) mass is 469 g/mol. The van der Waals surface area contributed by atoms with Crippen molar-refractivity contribution in [2.45, 2.75) is 13.0 Å². The number of hydrogen-bond acceptors (Lipinski definition) is 8. The van der Waals surface area contributed by atoms with Gasteiger partial charge in [0.05, 0.1) is 39.1 Å². The second-order valence-corrected chi connectivity index (χ2v) is 6.91. The molecule has 0 spiro atoms. The van der Waals surface area contributed by atoms with E-state index in [1.54, 1.807) is 0 Å². The Morgan fingerprint density at radius 1 is 0.903 bits per heavy atom. The normalized spacial score (nSPS) is 11.7. The first-order chi connectivity index (χ1) is 14.7. The number of nitrogens with zero attached hydrogens (tertiary/aromatic N) is 2. The number of ether oxygens (including phenoxy) is 4. The molecule has 0 radical (unpaired) electrons. The van der Waals surface area contributed by atoms with Crippen LogP contribution in [0.15, 0.2) is 34.5 Å². The summed E-state index contributed by atoms with van der Waals surface area (Å²) in [5.74, 6) is -0.0414. The number of amides is 1. The van der Waals surface area contributed by atoms with Crippen LogP contribution >= 0.6 is 23.2 Å². The first-order valence-electron chi connectivity index (χ1n) is 8.80. The molecule has 0 aliphatic heterocycles. The molecule has 0 heterocycles. The van der Waals surface area contributed by atoms with E-state index in [-0.39, 0.29) is 27.9 Å². The van der Waals surface area contributed by atoms with Gasteiger partial charge in [-0.25, -0.2) is 0 Å². The maximum absolute atomic E-state index is 12.8. The van der Waals surface area contributed by atoms with Crippen molar-refractivity contribution >= 4 is 46.3 Å². The SMILES string of the molecule is COc1cc(OC)c(NC(=O)C(N=Nc2cc(Cl)cc(OC)c2OC)C(C)=O)cc1Cl. The lowest BCUT2D eigenvalue weighted by Gasteiger charge is -2.15. The molecule has 2 aromatic rings. The van der Waals surface area contributed by atoms with E-state index < -0.39 is 17.7 Å². The van der Waals surface area contributed by atoms with Crippen molar-refractivity contribution in [2.24, 2.45) is 10.2 Å². The average Bonchev–Trinajstić information content (AvgIpc) is 2.73. The molecule has 0 aromatic heterocycles. The highest BCUT2D eigenvalue weighted by molar-refractivity contribution is 6.32. The fraction of sp³-hybridized carbons (Fsp3) is 0.300. The molecule has 2 rings (SSSR count). The van der Waals surface area contributed by atoms with E-state index >= 15 is 0 Å². The molecule has 1 amide bonds. The van der Waals surface area contributed by atoms with Gasteiger partial charge in [0.25, 0.3) is 5.91 Å². The lowest BCUT2D eigenvalue weighted by Crippen LogP contribution is -2.32. The first kappa shape index (κ1) is 24.2. The third-order valence-corrected chi connectivity index (χ3v) is 4.58. The summed E-state index contributed by atoms with van der Waals surface area (Å²) in [6.45, 7) is 1.22. The summed E-state index contributed by atoms with van der Waals surface area (Å²) in [7, 11) is 5.72. The minimum Gasteiger partial charge on any atom is -0.495 e. The van der Waals surface area contributed by atoms with Gasteiger partial charge in [-0.2, -0.15) is 10.2 Å². The second kappa shape index (κ2) is 10.8. The zero-order valence-electron chi connectivity index (χ0n) is 17.5. The Labute approximate surface area is 189 Å². The number of benzene rings is 2. The van der Waals surface area contributed by atoms with Gasteiger partial charge < -0.3 is 24.3 Å². The van der Waals surface area contributed by atoms with Crippen LogP contribution in [-0.4, -0.2) is 46.2 Å². The molecular weight excluding hydrogens is 449 g/mol. The molecule has 0 fully saturated rings. The molecule has 2 aromatic carbocycles. The summed E-state index contributed by atoms with van der Waals surface area (Å²) in [6, 6.07) is 4.50. The van der Waals surface area contributed by atoms with Crippen LogP contribution in [0.5, 0.6) is 23.0 Å². The predicted molar refractivity (Wildman–Crippen MR) is 117 cm³/mol. The Balaban J connectivity index is 2.36. The number of Topliss-reactive ketones (excluding diaryl/α,β-unsaturated/α-hetero) is 1. The van der Waals surface area contributed by atoms with E-state index in [1.807, 2.05) is 0 Å². The molecule has 0 aliphatic rings. The van der Waals surface area contributed by atoms with Crippen molar-refractivity contribution in [1.82, 2.24) is 0 Å². The van der Waals surface area contributed by atoms with Crippen LogP contribution < -0.4 is 24.3 Å². The van der Waals surface area contributed by atoms with Gasteiger partial charge in [0, 0.05) is 17.2 Å². The third kappa shape index (κ3) is 5.77. The van der Waals surface area contributed by atoms with E-state index in [1.165, 1.54) is 59.6 Å². The molecule has 9 nitrogen and oxygen atoms in total. The van der Waals surface area contributed by atoms with Crippen molar-refractivity contribution in [1.29, 1.82) is 0 Å². The highest BCUT2D eigenvalue weighted by atomic mass is 35.5. The van der Waals surface area contributed by atoms with Crippen LogP contribution in [0.2, 0.25) is 10.0 Å². The number of nitrogens with one attached hydrogen (secondary N) is 1. The number of azo groups is 1. The summed E-state index contributed by atoms with van der Waals surface area (Å²) in [4.78, 5) is 24.8. The summed E-state index contributed by atoms with van der Waals surface area (Å²) in [5.41, 5.74) is 0.428. The fourth-order valence-electron chi connectivity index (χ4n) is 2.58. The number of ketones is 1. The average molecular weight is 470 g/mol. The smallest absolute Gasteiger partial charge is 0.258 e. The first-order valence-corrected chi connectivity index (χ1v) is 9.56. The van der Waals surface area contributed by atoms with Crippen molar-refractivity contribution in [2.75, 3.05) is 33.8 Å². The maximum atomic E-state index is 12.8. The number of rotatable bonds is 9. The van der Waals surface area contributed by atoms with Crippen LogP contribution in [0.4, 0.5) is 11.4 Å². The van der Waals surface area contributed by atoms with Gasteiger partial charge in [-0.15, -0.1) is 0 Å². The van der Waals surface area contributed by atoms with Gasteiger partial charge in [-0.1, -0.05) is 23.2 Å². The molecule has 1 N–H and O–H groups in total. The third-order valence-electron chi connectivity index (χ3n) is 4.07. The van der Waals surface area contributed by atoms with Gasteiger partial charge in [0.15, 0.2) is 17.3 Å². The van der Waals surface area contributed by atoms with Gasteiger partial charge in [-0.05, 0) is 19.1 Å². The Hall–Kier alpha value is -3.04. The van der Waals surface area contributed by atoms with Crippen LogP contribution in [-0.2, 0) is 9.59 Å². The highest BCUT2D eigenvalue weighted by Crippen LogP contribution is 2.40. The summed E-state index contributed by atoms with van der Waals surface area (Å²) in [5, 5.41) is 11.0. The molecular formula is C20H21Cl2N3O6. The molecule has 0 aliphatic carbocycles. The van der Waals surface area contributed by atoms with Gasteiger partial charge in [-0.3, -0.25) is 9.59 Å². The van der Waals surface area contributed by atoms with E-state index in [0.717, 1.165) is 0 Å². The maximum Gasteiger partial charge on any atom is 0.258 e. The number of carbonyl (C=O) groups excluding carboxylic acids is 2. The molecule has 1 unspecified atom stereocenters. The van der Waals surface area contributed by atoms with Gasteiger partial charge >= 0.3 is 0 Å². The predicted octanol–water partition coefficient (Wildman–Crippen LogP) is 4.71. The lowest BCUT2D eigenvalue weighted by molar-refractivity contribution is -0.126. The zero-order valence-corrected chi connectivity index (χ0v) is 19.0. The quantitative estimate of drug-likeness (QED) is 0.420. The van der Waals surface area contributed by atoms with E-state index in [0.29, 0.717) is 16.5 Å². The molecule has 1 atom stereocenters. The Kier molecular flexibility index (Phi) is 8.47. The van der Waals surface area contributed by atoms with E-state index in [4.69, 9.17) is 42.1 Å². The van der Waals surface area contributed by atoms with Crippen molar-refractivity contribution in [3.63, 3.8) is 0 Å². The van der Waals surface area contributed by atoms with Crippen LogP contribution in [0, 0.1) is 0 Å². The minimum atomic E-state index is -1.44. The summed E-state index contributed by atoms with van der Waals surface area (Å²) < 4.78 is 20.8. The standard InChI is InChI=1S/C20H21Cl2N3O6/c1-10(26)18(25-24-14-6-11(21)7-17(30-4)19(14)31-5)20(27)23-13-8-12(22)15(28-2)9-16(13)29-3/h6-9,18H,1-5H3,(H,23,27). The van der Waals surface area contributed by atoms with E-state index in [9.17, 15) is 9.59 Å². The number of halogens is 2. The Bertz CT molecular complexity index is 1010. The van der Waals surface area contributed by atoms with Gasteiger partial charge in [0.1, 0.15) is 17.2 Å². The number of methoxy groups -OCH3 is 4.